The Morgan fingerprint density at radius 2 is 2.40 bits per heavy atom. The number of aliphatic hydroxyl groups is 1. The quantitative estimate of drug-likeness (QED) is 0.510. The molecule has 0 spiro atoms. The lowest BCUT2D eigenvalue weighted by molar-refractivity contribution is 0.378. The number of nitrogens with two attached hydrogens (primary N) is 1. The van der Waals surface area contributed by atoms with E-state index in [9.17, 15) is 0 Å². The minimum atomic E-state index is -0.0402. The number of nitrogens with one attached hydrogen (secondary N) is 1. The van der Waals surface area contributed by atoms with Crippen LogP contribution in [0, 0.1) is 0 Å². The average Bonchev–Trinajstić information content (AvgIpc) is 1.86. The Bertz CT molecular complexity index is 141. The van der Waals surface area contributed by atoms with E-state index >= 15 is 0 Å². The SMILES string of the molecule is C=C(O)N/C(=C\C)CCN. The zero-order chi connectivity index (χ0) is 7.98. The normalized spacial score (nSPS) is 11.2. The molecule has 0 aromatic heterocycles. The lowest BCUT2D eigenvalue weighted by Crippen LogP contribution is -2.14. The molecule has 0 fully saturated rings. The van der Waals surface area contributed by atoms with Crippen LogP contribution in [0.1, 0.15) is 13.3 Å². The summed E-state index contributed by atoms with van der Waals surface area (Å²) in [6.07, 6.45) is 2.59. The molecule has 3 nitrogen and oxygen atoms in total. The van der Waals surface area contributed by atoms with Gasteiger partial charge in [-0.25, -0.2) is 0 Å². The van der Waals surface area contributed by atoms with Gasteiger partial charge in [0.1, 0.15) is 0 Å². The van der Waals surface area contributed by atoms with Gasteiger partial charge in [-0.05, 0) is 26.5 Å². The average molecular weight is 142 g/mol. The van der Waals surface area contributed by atoms with Crippen molar-refractivity contribution in [1.29, 1.82) is 0 Å². The van der Waals surface area contributed by atoms with Gasteiger partial charge in [0.25, 0.3) is 0 Å². The first-order chi connectivity index (χ1) is 4.70. The molecule has 0 aromatic carbocycles. The number of allylic oxidation sites excluding steroid dienone is 1. The van der Waals surface area contributed by atoms with Gasteiger partial charge in [0.15, 0.2) is 5.88 Å². The van der Waals surface area contributed by atoms with E-state index in [0.29, 0.717) is 6.54 Å². The molecular formula is C7H14N2O. The number of rotatable bonds is 4. The Labute approximate surface area is 61.2 Å². The molecule has 10 heavy (non-hydrogen) atoms. The maximum Gasteiger partial charge on any atom is 0.180 e. The van der Waals surface area contributed by atoms with Crippen molar-refractivity contribution in [2.45, 2.75) is 13.3 Å². The highest BCUT2D eigenvalue weighted by atomic mass is 16.3. The summed E-state index contributed by atoms with van der Waals surface area (Å²) in [4.78, 5) is 0. The summed E-state index contributed by atoms with van der Waals surface area (Å²) >= 11 is 0. The van der Waals surface area contributed by atoms with E-state index in [1.54, 1.807) is 0 Å². The molecule has 0 radical (unpaired) electrons. The summed E-state index contributed by atoms with van der Waals surface area (Å²) in [7, 11) is 0. The fraction of sp³-hybridized carbons (Fsp3) is 0.429. The summed E-state index contributed by atoms with van der Waals surface area (Å²) in [6.45, 7) is 5.73. The maximum absolute atomic E-state index is 8.69. The van der Waals surface area contributed by atoms with Gasteiger partial charge in [0.2, 0.25) is 0 Å². The van der Waals surface area contributed by atoms with Crippen molar-refractivity contribution in [3.8, 4) is 0 Å². The molecule has 0 heterocycles. The van der Waals surface area contributed by atoms with Crippen LogP contribution in [0.15, 0.2) is 24.2 Å². The second kappa shape index (κ2) is 4.88. The summed E-state index contributed by atoms with van der Waals surface area (Å²) in [5.74, 6) is -0.0402. The smallest absolute Gasteiger partial charge is 0.180 e. The Kier molecular flexibility index (Phi) is 4.41. The number of hydrogen-bond acceptors (Lipinski definition) is 3. The minimum Gasteiger partial charge on any atom is -0.495 e. The monoisotopic (exact) mass is 142 g/mol. The van der Waals surface area contributed by atoms with Crippen LogP contribution in [0.5, 0.6) is 0 Å². The van der Waals surface area contributed by atoms with Crippen LogP contribution in [0.2, 0.25) is 0 Å². The molecule has 0 aliphatic rings. The van der Waals surface area contributed by atoms with Crippen LogP contribution in [0.25, 0.3) is 0 Å². The zero-order valence-corrected chi connectivity index (χ0v) is 6.22. The molecule has 0 aliphatic carbocycles. The lowest BCUT2D eigenvalue weighted by atomic mass is 10.3. The van der Waals surface area contributed by atoms with Crippen LogP contribution in [0.4, 0.5) is 0 Å². The topological polar surface area (TPSA) is 58.3 Å². The minimum absolute atomic E-state index is 0.0402. The van der Waals surface area contributed by atoms with Gasteiger partial charge >= 0.3 is 0 Å². The van der Waals surface area contributed by atoms with Crippen molar-refractivity contribution in [1.82, 2.24) is 5.32 Å². The van der Waals surface area contributed by atoms with E-state index < -0.39 is 0 Å². The summed E-state index contributed by atoms with van der Waals surface area (Å²) in [5, 5.41) is 11.4. The highest BCUT2D eigenvalue weighted by Gasteiger charge is 1.92. The second-order valence-electron chi connectivity index (χ2n) is 1.92. The molecule has 0 aromatic rings. The van der Waals surface area contributed by atoms with Gasteiger partial charge in [0.05, 0.1) is 0 Å². The van der Waals surface area contributed by atoms with Gasteiger partial charge < -0.3 is 16.2 Å². The fourth-order valence-electron chi connectivity index (χ4n) is 0.620. The molecule has 0 amide bonds. The van der Waals surface area contributed by atoms with E-state index in [1.807, 2.05) is 13.0 Å². The van der Waals surface area contributed by atoms with E-state index in [0.717, 1.165) is 12.1 Å². The molecular weight excluding hydrogens is 128 g/mol. The van der Waals surface area contributed by atoms with Gasteiger partial charge in [-0.15, -0.1) is 0 Å². The molecule has 0 atom stereocenters. The Hall–Kier alpha value is -0.960. The third-order valence-corrected chi connectivity index (χ3v) is 1.07. The first kappa shape index (κ1) is 9.04. The third-order valence-electron chi connectivity index (χ3n) is 1.07. The second-order valence-corrected chi connectivity index (χ2v) is 1.92. The van der Waals surface area contributed by atoms with Gasteiger partial charge in [0, 0.05) is 5.70 Å². The molecule has 0 aliphatic heterocycles. The van der Waals surface area contributed by atoms with Crippen LogP contribution < -0.4 is 11.1 Å². The van der Waals surface area contributed by atoms with Gasteiger partial charge in [-0.3, -0.25) is 0 Å². The largest absolute Gasteiger partial charge is 0.495 e. The van der Waals surface area contributed by atoms with Crippen LogP contribution >= 0.6 is 0 Å². The third kappa shape index (κ3) is 3.97. The summed E-state index contributed by atoms with van der Waals surface area (Å²) < 4.78 is 0. The van der Waals surface area contributed by atoms with E-state index in [4.69, 9.17) is 10.8 Å². The standard InChI is InChI=1S/C7H14N2O/c1-3-7(4-5-8)9-6(2)10/h3,9-10H,2,4-5,8H2,1H3/b7-3-. The lowest BCUT2D eigenvalue weighted by Gasteiger charge is -2.06. The van der Waals surface area contributed by atoms with E-state index in [2.05, 4.69) is 11.9 Å². The predicted molar refractivity (Wildman–Crippen MR) is 42.3 cm³/mol. The van der Waals surface area contributed by atoms with Crippen LogP contribution in [-0.2, 0) is 0 Å². The van der Waals surface area contributed by atoms with Crippen molar-refractivity contribution >= 4 is 0 Å². The zero-order valence-electron chi connectivity index (χ0n) is 6.22. The van der Waals surface area contributed by atoms with E-state index in [-0.39, 0.29) is 5.88 Å². The molecule has 0 bridgehead atoms. The molecule has 3 heteroatoms. The fourth-order valence-corrected chi connectivity index (χ4v) is 0.620. The number of aliphatic hydroxyl groups excluding tert-OH is 1. The van der Waals surface area contributed by atoms with Crippen molar-refractivity contribution < 1.29 is 5.11 Å². The molecule has 0 unspecified atom stereocenters. The Balaban J connectivity index is 3.73. The molecule has 0 rings (SSSR count). The van der Waals surface area contributed by atoms with Crippen LogP contribution in [-0.4, -0.2) is 11.7 Å². The van der Waals surface area contributed by atoms with Gasteiger partial charge in [-0.2, -0.15) is 0 Å². The van der Waals surface area contributed by atoms with Crippen molar-refractivity contribution in [2.24, 2.45) is 5.73 Å². The number of hydrogen-bond donors (Lipinski definition) is 3. The molecule has 0 saturated heterocycles. The highest BCUT2D eigenvalue weighted by molar-refractivity contribution is 5.03. The molecule has 58 valence electrons. The summed E-state index contributed by atoms with van der Waals surface area (Å²) in [6, 6.07) is 0. The van der Waals surface area contributed by atoms with Crippen LogP contribution in [0.3, 0.4) is 0 Å². The first-order valence-corrected chi connectivity index (χ1v) is 3.20. The molecule has 4 N–H and O–H groups in total. The van der Waals surface area contributed by atoms with Gasteiger partial charge in [-0.1, -0.05) is 6.08 Å². The van der Waals surface area contributed by atoms with Crippen molar-refractivity contribution in [3.63, 3.8) is 0 Å². The highest BCUT2D eigenvalue weighted by Crippen LogP contribution is 1.95. The van der Waals surface area contributed by atoms with Crippen molar-refractivity contribution in [3.05, 3.63) is 24.2 Å². The Morgan fingerprint density at radius 1 is 1.80 bits per heavy atom. The first-order valence-electron chi connectivity index (χ1n) is 3.20. The predicted octanol–water partition coefficient (Wildman–Crippen LogP) is 0.858. The van der Waals surface area contributed by atoms with Crippen molar-refractivity contribution in [2.75, 3.05) is 6.54 Å². The summed E-state index contributed by atoms with van der Waals surface area (Å²) in [5.41, 5.74) is 6.19. The Morgan fingerprint density at radius 3 is 2.70 bits per heavy atom. The molecule has 0 saturated carbocycles. The van der Waals surface area contributed by atoms with E-state index in [1.165, 1.54) is 0 Å². The maximum atomic E-state index is 8.69.